The van der Waals surface area contributed by atoms with E-state index in [1.807, 2.05) is 25.1 Å². The zero-order valence-electron chi connectivity index (χ0n) is 12.9. The van der Waals surface area contributed by atoms with Crippen LogP contribution in [-0.4, -0.2) is 19.0 Å². The van der Waals surface area contributed by atoms with Crippen LogP contribution >= 0.6 is 0 Å². The van der Waals surface area contributed by atoms with E-state index in [0.29, 0.717) is 18.0 Å². The van der Waals surface area contributed by atoms with Crippen LogP contribution < -0.4 is 11.1 Å². The largest absolute Gasteiger partial charge is 0.352 e. The molecule has 0 heterocycles. The molecule has 0 aromatic heterocycles. The quantitative estimate of drug-likeness (QED) is 0.838. The van der Waals surface area contributed by atoms with Crippen LogP contribution in [0, 0.1) is 30.6 Å². The van der Waals surface area contributed by atoms with Gasteiger partial charge in [0, 0.05) is 17.7 Å². The summed E-state index contributed by atoms with van der Waals surface area (Å²) in [5.74, 6) is 7.28. The molecular weight excluding hydrogens is 260 g/mol. The Morgan fingerprint density at radius 1 is 1.43 bits per heavy atom. The maximum atomic E-state index is 12.3. The van der Waals surface area contributed by atoms with Crippen LogP contribution in [0.25, 0.3) is 0 Å². The lowest BCUT2D eigenvalue weighted by Gasteiger charge is -2.13. The molecule has 1 amide bonds. The summed E-state index contributed by atoms with van der Waals surface area (Å²) in [5.41, 5.74) is 7.92. The summed E-state index contributed by atoms with van der Waals surface area (Å²) in [4.78, 5) is 12.3. The number of rotatable bonds is 3. The molecule has 2 rings (SSSR count). The van der Waals surface area contributed by atoms with Crippen LogP contribution in [0.1, 0.15) is 47.7 Å². The molecule has 3 heteroatoms. The second-order valence-corrected chi connectivity index (χ2v) is 5.98. The molecule has 1 aliphatic rings. The highest BCUT2D eigenvalue weighted by Gasteiger charge is 2.22. The zero-order chi connectivity index (χ0) is 15.2. The van der Waals surface area contributed by atoms with E-state index in [1.54, 1.807) is 0 Å². The van der Waals surface area contributed by atoms with E-state index in [2.05, 4.69) is 24.1 Å². The third kappa shape index (κ3) is 4.09. The molecule has 1 aromatic carbocycles. The Bertz CT molecular complexity index is 568. The first kappa shape index (κ1) is 15.6. The highest BCUT2D eigenvalue weighted by molar-refractivity contribution is 5.96. The molecule has 2 atom stereocenters. The van der Waals surface area contributed by atoms with Crippen LogP contribution in [0.5, 0.6) is 0 Å². The minimum Gasteiger partial charge on any atom is -0.352 e. The van der Waals surface area contributed by atoms with Gasteiger partial charge in [-0.25, -0.2) is 0 Å². The number of nitrogens with two attached hydrogens (primary N) is 1. The van der Waals surface area contributed by atoms with Gasteiger partial charge in [0.15, 0.2) is 0 Å². The SMILES string of the molecule is Cc1c(C#CCN)cccc1C(=O)NCC1CCC(C)C1. The molecule has 1 saturated carbocycles. The summed E-state index contributed by atoms with van der Waals surface area (Å²) in [6, 6.07) is 5.66. The van der Waals surface area contributed by atoms with Crippen molar-refractivity contribution in [1.29, 1.82) is 0 Å². The van der Waals surface area contributed by atoms with Gasteiger partial charge in [-0.2, -0.15) is 0 Å². The number of hydrogen-bond donors (Lipinski definition) is 2. The number of nitrogens with one attached hydrogen (secondary N) is 1. The molecule has 3 N–H and O–H groups in total. The summed E-state index contributed by atoms with van der Waals surface area (Å²) in [6.07, 6.45) is 3.73. The third-order valence-corrected chi connectivity index (χ3v) is 4.26. The lowest BCUT2D eigenvalue weighted by atomic mass is 10.0. The highest BCUT2D eigenvalue weighted by Crippen LogP contribution is 2.29. The zero-order valence-corrected chi connectivity index (χ0v) is 12.9. The number of hydrogen-bond acceptors (Lipinski definition) is 2. The molecule has 0 bridgehead atoms. The molecule has 1 aromatic rings. The van der Waals surface area contributed by atoms with E-state index in [-0.39, 0.29) is 5.91 Å². The topological polar surface area (TPSA) is 55.1 Å². The van der Waals surface area contributed by atoms with Crippen molar-refractivity contribution in [2.75, 3.05) is 13.1 Å². The smallest absolute Gasteiger partial charge is 0.251 e. The van der Waals surface area contributed by atoms with Crippen LogP contribution in [-0.2, 0) is 0 Å². The molecule has 21 heavy (non-hydrogen) atoms. The molecule has 0 aliphatic heterocycles. The Morgan fingerprint density at radius 3 is 2.90 bits per heavy atom. The summed E-state index contributed by atoms with van der Waals surface area (Å²) in [6.45, 7) is 5.33. The predicted octanol–water partition coefficient (Wildman–Crippen LogP) is 2.47. The second kappa shape index (κ2) is 7.28. The van der Waals surface area contributed by atoms with Crippen molar-refractivity contribution in [3.05, 3.63) is 34.9 Å². The fourth-order valence-electron chi connectivity index (χ4n) is 3.01. The van der Waals surface area contributed by atoms with Gasteiger partial charge in [-0.15, -0.1) is 0 Å². The molecule has 2 unspecified atom stereocenters. The normalized spacial score (nSPS) is 20.7. The fraction of sp³-hybridized carbons (Fsp3) is 0.500. The van der Waals surface area contributed by atoms with Gasteiger partial charge in [0.25, 0.3) is 5.91 Å². The Kier molecular flexibility index (Phi) is 5.41. The number of carbonyl (C=O) groups excluding carboxylic acids is 1. The van der Waals surface area contributed by atoms with Crippen molar-refractivity contribution in [2.45, 2.75) is 33.1 Å². The molecule has 0 spiro atoms. The van der Waals surface area contributed by atoms with E-state index < -0.39 is 0 Å². The van der Waals surface area contributed by atoms with E-state index in [9.17, 15) is 4.79 Å². The standard InChI is InChI=1S/C18H24N2O/c1-13-8-9-15(11-13)12-20-18(21)17-7-3-5-16(14(17)2)6-4-10-19/h3,5,7,13,15H,8-12,19H2,1-2H3,(H,20,21). The third-order valence-electron chi connectivity index (χ3n) is 4.26. The van der Waals surface area contributed by atoms with Gasteiger partial charge >= 0.3 is 0 Å². The number of benzene rings is 1. The summed E-state index contributed by atoms with van der Waals surface area (Å²) in [7, 11) is 0. The molecule has 1 aliphatic carbocycles. The van der Waals surface area contributed by atoms with E-state index in [4.69, 9.17) is 5.73 Å². The molecule has 112 valence electrons. The van der Waals surface area contributed by atoms with Gasteiger partial charge in [-0.05, 0) is 49.3 Å². The van der Waals surface area contributed by atoms with Gasteiger partial charge < -0.3 is 11.1 Å². The van der Waals surface area contributed by atoms with Crippen molar-refractivity contribution in [3.63, 3.8) is 0 Å². The van der Waals surface area contributed by atoms with Crippen molar-refractivity contribution < 1.29 is 4.79 Å². The number of carbonyl (C=O) groups is 1. The lowest BCUT2D eigenvalue weighted by Crippen LogP contribution is -2.29. The molecule has 0 saturated heterocycles. The Balaban J connectivity index is 2.02. The van der Waals surface area contributed by atoms with E-state index >= 15 is 0 Å². The summed E-state index contributed by atoms with van der Waals surface area (Å²) < 4.78 is 0. The van der Waals surface area contributed by atoms with Gasteiger partial charge in [-0.3, -0.25) is 4.79 Å². The van der Waals surface area contributed by atoms with Crippen LogP contribution in [0.3, 0.4) is 0 Å². The first-order valence-electron chi connectivity index (χ1n) is 7.68. The minimum atomic E-state index is 0.00320. The Hall–Kier alpha value is -1.79. The van der Waals surface area contributed by atoms with Gasteiger partial charge in [-0.1, -0.05) is 31.3 Å². The van der Waals surface area contributed by atoms with Crippen molar-refractivity contribution in [1.82, 2.24) is 5.32 Å². The fourth-order valence-corrected chi connectivity index (χ4v) is 3.01. The summed E-state index contributed by atoms with van der Waals surface area (Å²) in [5, 5.41) is 3.07. The lowest BCUT2D eigenvalue weighted by molar-refractivity contribution is 0.0946. The van der Waals surface area contributed by atoms with E-state index in [1.165, 1.54) is 19.3 Å². The van der Waals surface area contributed by atoms with E-state index in [0.717, 1.165) is 23.6 Å². The average molecular weight is 284 g/mol. The van der Waals surface area contributed by atoms with Gasteiger partial charge in [0.2, 0.25) is 0 Å². The van der Waals surface area contributed by atoms with Crippen molar-refractivity contribution >= 4 is 5.91 Å². The van der Waals surface area contributed by atoms with Crippen LogP contribution in [0.2, 0.25) is 0 Å². The average Bonchev–Trinajstić information content (AvgIpc) is 2.89. The highest BCUT2D eigenvalue weighted by atomic mass is 16.1. The maximum absolute atomic E-state index is 12.3. The van der Waals surface area contributed by atoms with Gasteiger partial charge in [0.1, 0.15) is 0 Å². The molecule has 3 nitrogen and oxygen atoms in total. The molecule has 0 radical (unpaired) electrons. The molecular formula is C18H24N2O. The first-order valence-corrected chi connectivity index (χ1v) is 7.68. The Labute approximate surface area is 127 Å². The predicted molar refractivity (Wildman–Crippen MR) is 85.9 cm³/mol. The maximum Gasteiger partial charge on any atom is 0.251 e. The van der Waals surface area contributed by atoms with Gasteiger partial charge in [0.05, 0.1) is 6.54 Å². The second-order valence-electron chi connectivity index (χ2n) is 5.98. The minimum absolute atomic E-state index is 0.00320. The van der Waals surface area contributed by atoms with Crippen LogP contribution in [0.15, 0.2) is 18.2 Å². The summed E-state index contributed by atoms with van der Waals surface area (Å²) >= 11 is 0. The first-order chi connectivity index (χ1) is 10.1. The van der Waals surface area contributed by atoms with Crippen LogP contribution in [0.4, 0.5) is 0 Å². The van der Waals surface area contributed by atoms with Crippen molar-refractivity contribution in [2.24, 2.45) is 17.6 Å². The monoisotopic (exact) mass is 284 g/mol. The number of amides is 1. The Morgan fingerprint density at radius 2 is 2.24 bits per heavy atom. The molecule has 1 fully saturated rings. The van der Waals surface area contributed by atoms with Crippen molar-refractivity contribution in [3.8, 4) is 11.8 Å².